The number of hydrogen-bond donors (Lipinski definition) is 2. The molecule has 1 heterocycles. The van der Waals surface area contributed by atoms with Gasteiger partial charge in [0.1, 0.15) is 0 Å². The summed E-state index contributed by atoms with van der Waals surface area (Å²) in [5, 5.41) is 6.04. The van der Waals surface area contributed by atoms with E-state index in [0.29, 0.717) is 13.0 Å². The molecule has 0 spiro atoms. The number of benzene rings is 1. The van der Waals surface area contributed by atoms with Crippen LogP contribution in [0, 0.1) is 6.92 Å². The molecule has 1 saturated heterocycles. The summed E-state index contributed by atoms with van der Waals surface area (Å²) in [6.07, 6.45) is 1.34. The Kier molecular flexibility index (Phi) is 4.74. The van der Waals surface area contributed by atoms with Gasteiger partial charge in [-0.05, 0) is 25.5 Å². The van der Waals surface area contributed by atoms with E-state index in [4.69, 9.17) is 0 Å². The van der Waals surface area contributed by atoms with Crippen LogP contribution in [-0.2, 0) is 9.59 Å². The highest BCUT2D eigenvalue weighted by Gasteiger charge is 2.22. The Balaban J connectivity index is 1.75. The lowest BCUT2D eigenvalue weighted by Crippen LogP contribution is -2.48. The summed E-state index contributed by atoms with van der Waals surface area (Å²) in [6, 6.07) is 7.90. The monoisotopic (exact) mass is 275 g/mol. The molecule has 0 aromatic heterocycles. The second-order valence-corrected chi connectivity index (χ2v) is 5.30. The second kappa shape index (κ2) is 6.52. The average molecular weight is 275 g/mol. The van der Waals surface area contributed by atoms with Gasteiger partial charge in [0.25, 0.3) is 0 Å². The molecule has 5 heteroatoms. The number of carbonyl (C=O) groups is 2. The first-order valence-electron chi connectivity index (χ1n) is 6.88. The molecule has 1 aromatic rings. The fraction of sp³-hybridized carbons (Fsp3) is 0.467. The molecule has 1 atom stereocenters. The lowest BCUT2D eigenvalue weighted by atomic mass is 10.1. The third kappa shape index (κ3) is 4.06. The number of piperidine rings is 1. The van der Waals surface area contributed by atoms with Gasteiger partial charge in [-0.25, -0.2) is 0 Å². The molecular formula is C15H21N3O2. The van der Waals surface area contributed by atoms with E-state index in [1.807, 2.05) is 31.2 Å². The number of hydrogen-bond acceptors (Lipinski definition) is 3. The van der Waals surface area contributed by atoms with Crippen LogP contribution >= 0.6 is 0 Å². The molecule has 0 bridgehead atoms. The van der Waals surface area contributed by atoms with Crippen LogP contribution in [0.1, 0.15) is 18.4 Å². The molecular weight excluding hydrogens is 254 g/mol. The van der Waals surface area contributed by atoms with E-state index >= 15 is 0 Å². The Hall–Kier alpha value is -1.88. The van der Waals surface area contributed by atoms with Gasteiger partial charge in [0, 0.05) is 31.7 Å². The van der Waals surface area contributed by atoms with E-state index in [-0.39, 0.29) is 24.4 Å². The summed E-state index contributed by atoms with van der Waals surface area (Å²) in [5.41, 5.74) is 1.97. The first-order chi connectivity index (χ1) is 9.54. The van der Waals surface area contributed by atoms with Crippen LogP contribution in [0.4, 0.5) is 5.69 Å². The van der Waals surface area contributed by atoms with Gasteiger partial charge in [0.2, 0.25) is 11.8 Å². The highest BCUT2D eigenvalue weighted by atomic mass is 16.2. The zero-order valence-electron chi connectivity index (χ0n) is 12.0. The molecule has 0 saturated carbocycles. The van der Waals surface area contributed by atoms with Crippen LogP contribution in [-0.4, -0.2) is 42.9 Å². The number of rotatable bonds is 4. The van der Waals surface area contributed by atoms with Crippen LogP contribution in [0.3, 0.4) is 0 Å². The topological polar surface area (TPSA) is 61.4 Å². The normalized spacial score (nSPS) is 19.0. The molecule has 20 heavy (non-hydrogen) atoms. The summed E-state index contributed by atoms with van der Waals surface area (Å²) >= 11 is 0. The van der Waals surface area contributed by atoms with Crippen molar-refractivity contribution in [3.8, 4) is 0 Å². The van der Waals surface area contributed by atoms with E-state index in [2.05, 4.69) is 10.6 Å². The molecule has 0 aliphatic carbocycles. The molecule has 108 valence electrons. The molecule has 1 aliphatic heterocycles. The maximum absolute atomic E-state index is 11.8. The van der Waals surface area contributed by atoms with Crippen molar-refractivity contribution in [2.75, 3.05) is 25.5 Å². The molecule has 1 fully saturated rings. The zero-order valence-corrected chi connectivity index (χ0v) is 12.0. The minimum atomic E-state index is -0.0617. The number of carbonyl (C=O) groups excluding carboxylic acids is 2. The van der Waals surface area contributed by atoms with Crippen LogP contribution in [0.25, 0.3) is 0 Å². The summed E-state index contributed by atoms with van der Waals surface area (Å²) in [7, 11) is 1.79. The van der Waals surface area contributed by atoms with E-state index < -0.39 is 0 Å². The number of nitrogens with one attached hydrogen (secondary N) is 2. The third-order valence-electron chi connectivity index (χ3n) is 3.51. The Morgan fingerprint density at radius 2 is 2.05 bits per heavy atom. The Morgan fingerprint density at radius 3 is 2.70 bits per heavy atom. The third-order valence-corrected chi connectivity index (χ3v) is 3.51. The molecule has 5 nitrogen and oxygen atoms in total. The lowest BCUT2D eigenvalue weighted by molar-refractivity contribution is -0.132. The Morgan fingerprint density at radius 1 is 1.35 bits per heavy atom. The SMILES string of the molecule is Cc1ccc(NC(=O)CNC2CCC(=O)N(C)C2)cc1. The van der Waals surface area contributed by atoms with Crippen molar-refractivity contribution in [1.82, 2.24) is 10.2 Å². The number of nitrogens with zero attached hydrogens (tertiary/aromatic N) is 1. The molecule has 1 aromatic carbocycles. The lowest BCUT2D eigenvalue weighted by Gasteiger charge is -2.30. The molecule has 0 radical (unpaired) electrons. The first-order valence-corrected chi connectivity index (χ1v) is 6.88. The molecule has 2 rings (SSSR count). The van der Waals surface area contributed by atoms with Crippen molar-refractivity contribution in [1.29, 1.82) is 0 Å². The molecule has 2 amide bonds. The van der Waals surface area contributed by atoms with E-state index in [9.17, 15) is 9.59 Å². The predicted molar refractivity (Wildman–Crippen MR) is 78.5 cm³/mol. The highest BCUT2D eigenvalue weighted by molar-refractivity contribution is 5.92. The van der Waals surface area contributed by atoms with Gasteiger partial charge < -0.3 is 15.5 Å². The quantitative estimate of drug-likeness (QED) is 0.866. The summed E-state index contributed by atoms with van der Waals surface area (Å²) < 4.78 is 0. The van der Waals surface area contributed by atoms with Gasteiger partial charge >= 0.3 is 0 Å². The molecule has 2 N–H and O–H groups in total. The predicted octanol–water partition coefficient (Wildman–Crippen LogP) is 1.14. The van der Waals surface area contributed by atoms with E-state index in [1.165, 1.54) is 0 Å². The number of aryl methyl sites for hydroxylation is 1. The van der Waals surface area contributed by atoms with Crippen molar-refractivity contribution in [2.45, 2.75) is 25.8 Å². The van der Waals surface area contributed by atoms with E-state index in [1.54, 1.807) is 11.9 Å². The van der Waals surface area contributed by atoms with Crippen molar-refractivity contribution in [2.24, 2.45) is 0 Å². The van der Waals surface area contributed by atoms with Crippen LogP contribution < -0.4 is 10.6 Å². The average Bonchev–Trinajstić information content (AvgIpc) is 2.43. The van der Waals surface area contributed by atoms with Crippen molar-refractivity contribution in [3.05, 3.63) is 29.8 Å². The second-order valence-electron chi connectivity index (χ2n) is 5.30. The summed E-state index contributed by atoms with van der Waals surface area (Å²) in [6.45, 7) is 2.94. The first kappa shape index (κ1) is 14.5. The maximum atomic E-state index is 11.8. The summed E-state index contributed by atoms with van der Waals surface area (Å²) in [4.78, 5) is 24.9. The summed E-state index contributed by atoms with van der Waals surface area (Å²) in [5.74, 6) is 0.112. The fourth-order valence-corrected chi connectivity index (χ4v) is 2.26. The smallest absolute Gasteiger partial charge is 0.238 e. The Labute approximate surface area is 119 Å². The largest absolute Gasteiger partial charge is 0.344 e. The van der Waals surface area contributed by atoms with E-state index in [0.717, 1.165) is 17.7 Å². The highest BCUT2D eigenvalue weighted by Crippen LogP contribution is 2.10. The van der Waals surface area contributed by atoms with Crippen LogP contribution in [0.15, 0.2) is 24.3 Å². The molecule has 1 unspecified atom stereocenters. The van der Waals surface area contributed by atoms with Gasteiger partial charge in [-0.2, -0.15) is 0 Å². The maximum Gasteiger partial charge on any atom is 0.238 e. The number of amides is 2. The number of likely N-dealkylation sites (N-methyl/N-ethyl adjacent to an activating group) is 1. The van der Waals surface area contributed by atoms with Crippen LogP contribution in [0.2, 0.25) is 0 Å². The fourth-order valence-electron chi connectivity index (χ4n) is 2.26. The van der Waals surface area contributed by atoms with Gasteiger partial charge in [0.15, 0.2) is 0 Å². The van der Waals surface area contributed by atoms with Gasteiger partial charge in [-0.3, -0.25) is 9.59 Å². The number of likely N-dealkylation sites (tertiary alicyclic amines) is 1. The van der Waals surface area contributed by atoms with Gasteiger partial charge in [0.05, 0.1) is 6.54 Å². The molecule has 1 aliphatic rings. The van der Waals surface area contributed by atoms with Crippen LogP contribution in [0.5, 0.6) is 0 Å². The number of anilines is 1. The Bertz CT molecular complexity index is 484. The standard InChI is InChI=1S/C15H21N3O2/c1-11-3-5-12(6-4-11)17-14(19)9-16-13-7-8-15(20)18(2)10-13/h3-6,13,16H,7-10H2,1-2H3,(H,17,19). The minimum absolute atomic E-state index is 0.0617. The zero-order chi connectivity index (χ0) is 14.5. The van der Waals surface area contributed by atoms with Crippen molar-refractivity contribution >= 4 is 17.5 Å². The van der Waals surface area contributed by atoms with Crippen molar-refractivity contribution in [3.63, 3.8) is 0 Å². The minimum Gasteiger partial charge on any atom is -0.344 e. The van der Waals surface area contributed by atoms with Gasteiger partial charge in [-0.15, -0.1) is 0 Å². The van der Waals surface area contributed by atoms with Crippen molar-refractivity contribution < 1.29 is 9.59 Å². The van der Waals surface area contributed by atoms with Gasteiger partial charge in [-0.1, -0.05) is 17.7 Å².